The van der Waals surface area contributed by atoms with Crippen LogP contribution >= 0.6 is 43.8 Å². The molecule has 0 amide bonds. The van der Waals surface area contributed by atoms with Crippen molar-refractivity contribution in [3.05, 3.63) is 0 Å². The molecule has 0 fully saturated rings. The quantitative estimate of drug-likeness (QED) is 0.0210. The normalized spacial score (nSPS) is 13.0. The van der Waals surface area contributed by atoms with E-state index in [0.717, 1.165) is 114 Å². The largest absolute Gasteiger partial charge is 0.469 e. The van der Waals surface area contributed by atoms with E-state index in [-0.39, 0.29) is 11.8 Å². The third-order valence-corrected chi connectivity index (χ3v) is 16.2. The molecule has 0 aliphatic heterocycles. The molecule has 0 heterocycles. The van der Waals surface area contributed by atoms with Crippen molar-refractivity contribution in [3.63, 3.8) is 0 Å². The first-order valence-electron chi connectivity index (χ1n) is 18.8. The molecule has 1 unspecified atom stereocenters. The maximum Gasteiger partial charge on any atom is 0.332 e. The molecule has 0 rings (SSSR count). The van der Waals surface area contributed by atoms with Crippen molar-refractivity contribution in [2.45, 2.75) is 175 Å². The summed E-state index contributed by atoms with van der Waals surface area (Å²) >= 11 is 10.5. The number of nitrogens with zero attached hydrogens (tertiary/aromatic N) is 1. The first kappa shape index (κ1) is 49.9. The lowest BCUT2D eigenvalue weighted by molar-refractivity contribution is -0.101. The number of thiocarbonyl (C=S) groups is 1. The predicted octanol–water partition coefficient (Wildman–Crippen LogP) is 11.3. The van der Waals surface area contributed by atoms with Crippen LogP contribution in [0.5, 0.6) is 0 Å². The van der Waals surface area contributed by atoms with E-state index in [1.54, 1.807) is 0 Å². The molecule has 0 spiro atoms. The Balaban J connectivity index is 3.85. The van der Waals surface area contributed by atoms with Crippen molar-refractivity contribution in [2.75, 3.05) is 32.1 Å². The van der Waals surface area contributed by atoms with E-state index in [0.29, 0.717) is 19.8 Å². The van der Waals surface area contributed by atoms with Gasteiger partial charge in [-0.1, -0.05) is 153 Å². The summed E-state index contributed by atoms with van der Waals surface area (Å²) in [5, 5.41) is 0.0397. The molecular weight excluding hydrogens is 761 g/mol. The highest BCUT2D eigenvalue weighted by atomic mass is 33.5. The van der Waals surface area contributed by atoms with Gasteiger partial charge in [-0.3, -0.25) is 8.37 Å². The Bertz CT molecular complexity index is 961. The molecule has 0 radical (unpaired) electrons. The number of rotatable bonds is 38. The van der Waals surface area contributed by atoms with Crippen molar-refractivity contribution in [3.8, 4) is 0 Å². The zero-order chi connectivity index (χ0) is 36.3. The van der Waals surface area contributed by atoms with Gasteiger partial charge in [0.1, 0.15) is 11.0 Å². The number of unbranched alkanes of at least 4 members (excludes halogenated alkanes) is 21. The number of hydroxylamine groups is 2. The monoisotopic (exact) mass is 828 g/mol. The zero-order valence-corrected chi connectivity index (χ0v) is 36.4. The van der Waals surface area contributed by atoms with Crippen molar-refractivity contribution in [2.24, 2.45) is 0 Å². The summed E-state index contributed by atoms with van der Waals surface area (Å²) in [5.74, 6) is 0.799. The smallest absolute Gasteiger partial charge is 0.332 e. The average Bonchev–Trinajstić information content (AvgIpc) is 3.06. The molecule has 0 aromatic rings. The van der Waals surface area contributed by atoms with Gasteiger partial charge in [0.15, 0.2) is 0 Å². The van der Waals surface area contributed by atoms with Crippen LogP contribution in [0.4, 0.5) is 0 Å². The molecular formula is C33H68N2O7S7. The van der Waals surface area contributed by atoms with Crippen LogP contribution in [0.2, 0.25) is 0 Å². The van der Waals surface area contributed by atoms with Gasteiger partial charge in [-0.05, 0) is 44.8 Å². The van der Waals surface area contributed by atoms with Crippen LogP contribution in [0.3, 0.4) is 0 Å². The van der Waals surface area contributed by atoms with Gasteiger partial charge >= 0.3 is 9.15 Å². The van der Waals surface area contributed by atoms with Gasteiger partial charge in [-0.15, -0.1) is 4.47 Å². The molecule has 0 aromatic heterocycles. The van der Waals surface area contributed by atoms with Gasteiger partial charge in [0.25, 0.3) is 5.17 Å². The minimum Gasteiger partial charge on any atom is -0.469 e. The Hall–Kier alpha value is 0.900. The van der Waals surface area contributed by atoms with E-state index in [1.165, 1.54) is 81.4 Å². The van der Waals surface area contributed by atoms with Crippen LogP contribution in [0, 0.1) is 0 Å². The maximum atomic E-state index is 12.9. The molecule has 49 heavy (non-hydrogen) atoms. The second kappa shape index (κ2) is 35.9. The fourth-order valence-electron chi connectivity index (χ4n) is 4.79. The summed E-state index contributed by atoms with van der Waals surface area (Å²) in [6.45, 7) is 7.84. The molecule has 0 aromatic carbocycles. The Morgan fingerprint density at radius 3 is 1.59 bits per heavy atom. The van der Waals surface area contributed by atoms with E-state index < -0.39 is 17.0 Å². The number of hydrogen-bond acceptors (Lipinski definition) is 13. The molecule has 0 bridgehead atoms. The van der Waals surface area contributed by atoms with Crippen LogP contribution < -0.4 is 5.48 Å². The lowest BCUT2D eigenvalue weighted by Crippen LogP contribution is -2.33. The highest BCUT2D eigenvalue weighted by Gasteiger charge is 2.21. The maximum absolute atomic E-state index is 12.9. The lowest BCUT2D eigenvalue weighted by atomic mass is 10.1. The molecule has 9 nitrogen and oxygen atoms in total. The average molecular weight is 829 g/mol. The van der Waals surface area contributed by atoms with Crippen LogP contribution in [0.1, 0.15) is 175 Å². The summed E-state index contributed by atoms with van der Waals surface area (Å²) in [4.78, 5) is 5.54. The second-order valence-electron chi connectivity index (χ2n) is 12.1. The van der Waals surface area contributed by atoms with Crippen molar-refractivity contribution in [1.82, 2.24) is 9.95 Å². The molecule has 0 saturated heterocycles. The van der Waals surface area contributed by atoms with Gasteiger partial charge in [0, 0.05) is 23.5 Å². The zero-order valence-electron chi connectivity index (χ0n) is 30.7. The summed E-state index contributed by atoms with van der Waals surface area (Å²) in [5.41, 5.74) is 2.87. The van der Waals surface area contributed by atoms with E-state index >= 15 is 0 Å². The summed E-state index contributed by atoms with van der Waals surface area (Å²) in [6.07, 6.45) is 27.4. The molecule has 1 atom stereocenters. The van der Waals surface area contributed by atoms with Crippen LogP contribution in [0.15, 0.2) is 0 Å². The Labute approximate surface area is 322 Å². The minimum atomic E-state index is -3.51. The Morgan fingerprint density at radius 2 is 1.08 bits per heavy atom. The molecule has 0 saturated carbocycles. The fourth-order valence-corrected chi connectivity index (χ4v) is 11.9. The molecule has 16 heteroatoms. The number of nitrogens with one attached hydrogen (secondary N) is 1. The van der Waals surface area contributed by atoms with Crippen LogP contribution in [0.25, 0.3) is 0 Å². The van der Waals surface area contributed by atoms with Gasteiger partial charge in [-0.2, -0.15) is 18.8 Å². The molecule has 1 N–H and O–H groups in total. The highest BCUT2D eigenvalue weighted by molar-refractivity contribution is 9.06. The topological polar surface area (TPSA) is 103 Å². The third kappa shape index (κ3) is 35.7. The number of ether oxygens (including phenoxy) is 1. The summed E-state index contributed by atoms with van der Waals surface area (Å²) in [7, 11) is -3.72. The first-order valence-corrected chi connectivity index (χ1v) is 27.2. The van der Waals surface area contributed by atoms with Crippen molar-refractivity contribution < 1.29 is 30.7 Å². The second-order valence-corrected chi connectivity index (χ2v) is 23.1. The van der Waals surface area contributed by atoms with E-state index in [1.807, 2.05) is 6.92 Å². The first-order chi connectivity index (χ1) is 23.7. The SMILES string of the molecule is CCCCCCCCCCNON(SS(=O)(=S)OCCCCCCCCCCSSS(=O)(=O)OCCCCCCCCCC)C(=S)OCC. The fraction of sp³-hybridized carbons (Fsp3) is 0.970. The third-order valence-electron chi connectivity index (χ3n) is 7.56. The summed E-state index contributed by atoms with van der Waals surface area (Å²) < 4.78 is 54.1. The predicted molar refractivity (Wildman–Crippen MR) is 221 cm³/mol. The van der Waals surface area contributed by atoms with Crippen LogP contribution in [-0.2, 0) is 46.2 Å². The molecule has 0 aliphatic rings. The van der Waals surface area contributed by atoms with Gasteiger partial charge in [-0.25, -0.2) is 4.21 Å². The van der Waals surface area contributed by atoms with Crippen LogP contribution in [-0.4, -0.2) is 54.4 Å². The molecule has 0 aliphatic carbocycles. The lowest BCUT2D eigenvalue weighted by Gasteiger charge is -2.21. The van der Waals surface area contributed by atoms with Crippen molar-refractivity contribution in [1.29, 1.82) is 0 Å². The Morgan fingerprint density at radius 1 is 0.633 bits per heavy atom. The van der Waals surface area contributed by atoms with Gasteiger partial charge in [0.05, 0.1) is 29.6 Å². The standard InChI is InChI=1S/C33H68N2O7S7/c1-4-7-9-11-13-17-21-25-29-34-42-35(33(43)39-6-3)46-49(38,44)41-31-27-23-19-15-16-20-24-28-32-45-47-48(36,37)40-30-26-22-18-14-12-10-8-5-2/h34H,4-32H2,1-3H3. The number of hydrogen-bond donors (Lipinski definition) is 1. The van der Waals surface area contributed by atoms with E-state index in [9.17, 15) is 12.6 Å². The highest BCUT2D eigenvalue weighted by Crippen LogP contribution is 2.30. The van der Waals surface area contributed by atoms with Crippen molar-refractivity contribution >= 4 is 77.1 Å². The summed E-state index contributed by atoms with van der Waals surface area (Å²) in [6, 6.07) is 0. The van der Waals surface area contributed by atoms with Gasteiger partial charge in [0.2, 0.25) is 7.80 Å². The van der Waals surface area contributed by atoms with E-state index in [4.69, 9.17) is 41.4 Å². The Kier molecular flexibility index (Phi) is 36.6. The molecule has 294 valence electrons. The van der Waals surface area contributed by atoms with E-state index in [2.05, 4.69) is 19.3 Å². The van der Waals surface area contributed by atoms with Gasteiger partial charge < -0.3 is 4.74 Å². The minimum absolute atomic E-state index is 0.0397.